The molecule has 0 saturated carbocycles. The highest BCUT2D eigenvalue weighted by atomic mass is 19.1. The first-order chi connectivity index (χ1) is 12.9. The number of aromatic nitrogens is 1. The number of anilines is 1. The maximum atomic E-state index is 13.7. The number of hydrogen-bond donors (Lipinski definition) is 2. The van der Waals surface area contributed by atoms with Gasteiger partial charge in [-0.15, -0.1) is 0 Å². The van der Waals surface area contributed by atoms with Gasteiger partial charge in [-0.3, -0.25) is 4.79 Å². The molecule has 6 nitrogen and oxygen atoms in total. The Morgan fingerprint density at radius 1 is 1.30 bits per heavy atom. The smallest absolute Gasteiger partial charge is 0.247 e. The Bertz CT molecular complexity index is 881. The van der Waals surface area contributed by atoms with Crippen LogP contribution in [0.25, 0.3) is 5.70 Å². The van der Waals surface area contributed by atoms with Crippen molar-refractivity contribution in [2.75, 3.05) is 19.0 Å². The van der Waals surface area contributed by atoms with E-state index in [1.807, 2.05) is 19.9 Å². The van der Waals surface area contributed by atoms with Crippen molar-refractivity contribution in [3.8, 4) is 5.88 Å². The van der Waals surface area contributed by atoms with Crippen LogP contribution in [0.1, 0.15) is 18.2 Å². The van der Waals surface area contributed by atoms with Gasteiger partial charge in [0.15, 0.2) is 0 Å². The van der Waals surface area contributed by atoms with Crippen molar-refractivity contribution in [2.45, 2.75) is 19.9 Å². The zero-order chi connectivity index (χ0) is 19.6. The number of nitrogens with zero attached hydrogens (tertiary/aromatic N) is 2. The minimum absolute atomic E-state index is 0.465. The topological polar surface area (TPSA) is 66.5 Å². The molecule has 2 N–H and O–H groups in total. The van der Waals surface area contributed by atoms with Gasteiger partial charge in [-0.25, -0.2) is 19.2 Å². The quantitative estimate of drug-likeness (QED) is 0.843. The lowest BCUT2D eigenvalue weighted by Crippen LogP contribution is -2.41. The molecule has 3 rings (SSSR count). The van der Waals surface area contributed by atoms with Gasteiger partial charge in [0, 0.05) is 18.7 Å². The summed E-state index contributed by atoms with van der Waals surface area (Å²) in [6.45, 7) is 4.24. The van der Waals surface area contributed by atoms with Crippen molar-refractivity contribution in [1.82, 2.24) is 15.4 Å². The SMILES string of the molecule is CCOc1ccc(C2=CC(C(=O)Nc3c(F)cccc3F)NN2C)c(C)n1. The Labute approximate surface area is 155 Å². The number of aryl methyl sites for hydroxylation is 1. The van der Waals surface area contributed by atoms with Crippen LogP contribution in [0.15, 0.2) is 36.4 Å². The van der Waals surface area contributed by atoms with E-state index in [1.54, 1.807) is 24.2 Å². The second-order valence-electron chi connectivity index (χ2n) is 6.02. The van der Waals surface area contributed by atoms with E-state index in [2.05, 4.69) is 15.7 Å². The average molecular weight is 374 g/mol. The fourth-order valence-corrected chi connectivity index (χ4v) is 2.85. The number of carbonyl (C=O) groups is 1. The van der Waals surface area contributed by atoms with E-state index in [-0.39, 0.29) is 0 Å². The summed E-state index contributed by atoms with van der Waals surface area (Å²) in [5, 5.41) is 3.97. The van der Waals surface area contributed by atoms with E-state index >= 15 is 0 Å². The van der Waals surface area contributed by atoms with Crippen LogP contribution >= 0.6 is 0 Å². The van der Waals surface area contributed by atoms with Crippen LogP contribution < -0.4 is 15.5 Å². The van der Waals surface area contributed by atoms with Gasteiger partial charge in [-0.2, -0.15) is 0 Å². The van der Waals surface area contributed by atoms with Gasteiger partial charge in [0.05, 0.1) is 18.0 Å². The van der Waals surface area contributed by atoms with Crippen LogP contribution in [0.3, 0.4) is 0 Å². The zero-order valence-electron chi connectivity index (χ0n) is 15.2. The van der Waals surface area contributed by atoms with E-state index in [4.69, 9.17) is 4.74 Å². The lowest BCUT2D eigenvalue weighted by Gasteiger charge is -2.19. The van der Waals surface area contributed by atoms with Gasteiger partial charge in [-0.1, -0.05) is 6.07 Å². The number of halogens is 2. The summed E-state index contributed by atoms with van der Waals surface area (Å²) in [6.07, 6.45) is 1.68. The minimum atomic E-state index is -0.828. The van der Waals surface area contributed by atoms with Crippen molar-refractivity contribution < 1.29 is 18.3 Å². The Morgan fingerprint density at radius 3 is 2.63 bits per heavy atom. The molecule has 1 aromatic heterocycles. The average Bonchev–Trinajstić information content (AvgIpc) is 3.00. The van der Waals surface area contributed by atoms with E-state index in [1.165, 1.54) is 6.07 Å². The summed E-state index contributed by atoms with van der Waals surface area (Å²) in [7, 11) is 1.75. The summed E-state index contributed by atoms with van der Waals surface area (Å²) >= 11 is 0. The van der Waals surface area contributed by atoms with Gasteiger partial charge in [0.1, 0.15) is 23.4 Å². The number of rotatable bonds is 5. The Kier molecular flexibility index (Phi) is 5.36. The van der Waals surface area contributed by atoms with Crippen molar-refractivity contribution in [2.24, 2.45) is 0 Å². The van der Waals surface area contributed by atoms with Gasteiger partial charge >= 0.3 is 0 Å². The standard InChI is InChI=1S/C19H20F2N4O2/c1-4-27-17-9-8-12(11(2)22-17)16-10-15(24-25(16)3)19(26)23-18-13(20)6-5-7-14(18)21/h5-10,15,24H,4H2,1-3H3,(H,23,26). The van der Waals surface area contributed by atoms with Crippen molar-refractivity contribution >= 4 is 17.3 Å². The number of carbonyl (C=O) groups excluding carboxylic acids is 1. The van der Waals surface area contributed by atoms with E-state index in [9.17, 15) is 13.6 Å². The van der Waals surface area contributed by atoms with Crippen molar-refractivity contribution in [3.05, 3.63) is 59.3 Å². The highest BCUT2D eigenvalue weighted by Crippen LogP contribution is 2.27. The molecule has 1 unspecified atom stereocenters. The van der Waals surface area contributed by atoms with Crippen LogP contribution in [0.5, 0.6) is 5.88 Å². The molecule has 2 aromatic rings. The Morgan fingerprint density at radius 2 is 2.00 bits per heavy atom. The molecule has 1 aliphatic rings. The maximum absolute atomic E-state index is 13.7. The normalized spacial score (nSPS) is 16.3. The molecular formula is C19H20F2N4O2. The molecule has 0 spiro atoms. The van der Waals surface area contributed by atoms with Gasteiger partial charge in [-0.05, 0) is 38.1 Å². The second-order valence-corrected chi connectivity index (χ2v) is 6.02. The third-order valence-corrected chi connectivity index (χ3v) is 4.14. The first-order valence-corrected chi connectivity index (χ1v) is 8.48. The van der Waals surface area contributed by atoms with E-state index in [0.29, 0.717) is 12.5 Å². The molecule has 1 atom stereocenters. The molecule has 1 aliphatic heterocycles. The molecule has 1 amide bonds. The molecule has 0 saturated heterocycles. The predicted molar refractivity (Wildman–Crippen MR) is 97.8 cm³/mol. The summed E-state index contributed by atoms with van der Waals surface area (Å²) in [5.74, 6) is -1.70. The number of para-hydroxylation sites is 1. The summed E-state index contributed by atoms with van der Waals surface area (Å²) in [6, 6.07) is 6.24. The highest BCUT2D eigenvalue weighted by Gasteiger charge is 2.28. The summed E-state index contributed by atoms with van der Waals surface area (Å²) in [4.78, 5) is 16.8. The minimum Gasteiger partial charge on any atom is -0.478 e. The fourth-order valence-electron chi connectivity index (χ4n) is 2.85. The lowest BCUT2D eigenvalue weighted by molar-refractivity contribution is -0.117. The molecule has 0 fully saturated rings. The van der Waals surface area contributed by atoms with Gasteiger partial charge in [0.25, 0.3) is 0 Å². The second kappa shape index (κ2) is 7.71. The molecule has 0 radical (unpaired) electrons. The number of hydrogen-bond acceptors (Lipinski definition) is 5. The molecule has 0 aliphatic carbocycles. The summed E-state index contributed by atoms with van der Waals surface area (Å²) in [5.41, 5.74) is 4.78. The fraction of sp³-hybridized carbons (Fsp3) is 0.263. The number of hydrazine groups is 1. The third-order valence-electron chi connectivity index (χ3n) is 4.14. The van der Waals surface area contributed by atoms with Crippen LogP contribution in [0.4, 0.5) is 14.5 Å². The van der Waals surface area contributed by atoms with Crippen LogP contribution in [0, 0.1) is 18.6 Å². The van der Waals surface area contributed by atoms with Crippen molar-refractivity contribution in [1.29, 1.82) is 0 Å². The monoisotopic (exact) mass is 374 g/mol. The number of amides is 1. The largest absolute Gasteiger partial charge is 0.478 e. The maximum Gasteiger partial charge on any atom is 0.247 e. The first-order valence-electron chi connectivity index (χ1n) is 8.48. The van der Waals surface area contributed by atoms with Crippen LogP contribution in [-0.4, -0.2) is 35.6 Å². The third kappa shape index (κ3) is 3.90. The molecular weight excluding hydrogens is 354 g/mol. The number of nitrogens with one attached hydrogen (secondary N) is 2. The van der Waals surface area contributed by atoms with E-state index < -0.39 is 29.3 Å². The number of benzene rings is 1. The summed E-state index contributed by atoms with van der Waals surface area (Å²) < 4.78 is 32.9. The lowest BCUT2D eigenvalue weighted by atomic mass is 10.1. The molecule has 0 bridgehead atoms. The van der Waals surface area contributed by atoms with Gasteiger partial charge in [0.2, 0.25) is 11.8 Å². The predicted octanol–water partition coefficient (Wildman–Crippen LogP) is 2.87. The van der Waals surface area contributed by atoms with Crippen LogP contribution in [0.2, 0.25) is 0 Å². The van der Waals surface area contributed by atoms with Gasteiger partial charge < -0.3 is 15.1 Å². The zero-order valence-corrected chi connectivity index (χ0v) is 15.2. The van der Waals surface area contributed by atoms with E-state index in [0.717, 1.165) is 29.1 Å². The molecule has 8 heteroatoms. The number of ether oxygens (including phenoxy) is 1. The molecule has 142 valence electrons. The number of pyridine rings is 1. The highest BCUT2D eigenvalue weighted by molar-refractivity contribution is 5.98. The first kappa shape index (κ1) is 18.8. The molecule has 27 heavy (non-hydrogen) atoms. The Hall–Kier alpha value is -3.00. The van der Waals surface area contributed by atoms with Crippen LogP contribution in [-0.2, 0) is 4.79 Å². The van der Waals surface area contributed by atoms with Crippen molar-refractivity contribution in [3.63, 3.8) is 0 Å². The molecule has 1 aromatic carbocycles. The Balaban J connectivity index is 1.82. The molecule has 2 heterocycles.